The third kappa shape index (κ3) is 4.82. The molecule has 212 valence electrons. The van der Waals surface area contributed by atoms with E-state index in [-0.39, 0.29) is 39.8 Å². The molecule has 2 aromatic carbocycles. The lowest BCUT2D eigenvalue weighted by molar-refractivity contribution is -0.265. The molecule has 41 heavy (non-hydrogen) atoms. The highest BCUT2D eigenvalue weighted by molar-refractivity contribution is 6.35. The van der Waals surface area contributed by atoms with Crippen LogP contribution in [0.3, 0.4) is 0 Å². The SMILES string of the molecule is C[C@]1(C(N)=O)COc2c1cc([C@@](O)(CNC(=O)c1cc(Cl)c3ncccc3c1)C(F)(F)F)nc2-c1ccc(F)cc1. The first-order chi connectivity index (χ1) is 19.2. The van der Waals surface area contributed by atoms with E-state index in [0.29, 0.717) is 10.9 Å². The highest BCUT2D eigenvalue weighted by Gasteiger charge is 2.57. The summed E-state index contributed by atoms with van der Waals surface area (Å²) < 4.78 is 62.9. The number of benzene rings is 2. The van der Waals surface area contributed by atoms with Crippen molar-refractivity contribution in [2.45, 2.75) is 24.1 Å². The average molecular weight is 589 g/mol. The molecule has 3 heterocycles. The Morgan fingerprint density at radius 2 is 1.88 bits per heavy atom. The third-order valence-electron chi connectivity index (χ3n) is 7.05. The van der Waals surface area contributed by atoms with Crippen LogP contribution < -0.4 is 15.8 Å². The fourth-order valence-electron chi connectivity index (χ4n) is 4.53. The minimum atomic E-state index is -5.35. The monoisotopic (exact) mass is 588 g/mol. The van der Waals surface area contributed by atoms with Gasteiger partial charge in [-0.05, 0) is 55.5 Å². The molecule has 4 aromatic rings. The van der Waals surface area contributed by atoms with Crippen molar-refractivity contribution in [1.82, 2.24) is 15.3 Å². The summed E-state index contributed by atoms with van der Waals surface area (Å²) in [6.07, 6.45) is -3.86. The second kappa shape index (κ2) is 9.96. The van der Waals surface area contributed by atoms with E-state index in [1.807, 2.05) is 0 Å². The Morgan fingerprint density at radius 1 is 1.17 bits per heavy atom. The predicted octanol–water partition coefficient (Wildman–Crippen LogP) is 4.40. The van der Waals surface area contributed by atoms with Gasteiger partial charge in [0.25, 0.3) is 5.91 Å². The van der Waals surface area contributed by atoms with Crippen molar-refractivity contribution in [1.29, 1.82) is 0 Å². The molecule has 8 nitrogen and oxygen atoms in total. The van der Waals surface area contributed by atoms with Crippen molar-refractivity contribution >= 4 is 34.3 Å². The molecule has 1 aliphatic rings. The number of nitrogens with two attached hydrogens (primary N) is 1. The summed E-state index contributed by atoms with van der Waals surface area (Å²) in [4.78, 5) is 33.5. The van der Waals surface area contributed by atoms with Gasteiger partial charge >= 0.3 is 6.18 Å². The Labute approximate surface area is 235 Å². The van der Waals surface area contributed by atoms with Crippen molar-refractivity contribution in [2.75, 3.05) is 13.2 Å². The number of aromatic nitrogens is 2. The van der Waals surface area contributed by atoms with Gasteiger partial charge in [-0.1, -0.05) is 17.7 Å². The minimum absolute atomic E-state index is 0.0327. The predicted molar refractivity (Wildman–Crippen MR) is 141 cm³/mol. The number of rotatable bonds is 6. The van der Waals surface area contributed by atoms with Gasteiger partial charge in [-0.25, -0.2) is 9.37 Å². The summed E-state index contributed by atoms with van der Waals surface area (Å²) >= 11 is 6.20. The van der Waals surface area contributed by atoms with Crippen LogP contribution in [0.25, 0.3) is 22.2 Å². The van der Waals surface area contributed by atoms with Crippen LogP contribution in [0.5, 0.6) is 5.75 Å². The molecule has 0 saturated carbocycles. The number of primary amides is 1. The number of nitrogens with zero attached hydrogens (tertiary/aromatic N) is 2. The molecule has 0 fully saturated rings. The van der Waals surface area contributed by atoms with Crippen LogP contribution >= 0.6 is 11.6 Å². The number of hydrogen-bond donors (Lipinski definition) is 3. The Morgan fingerprint density at radius 3 is 2.54 bits per heavy atom. The van der Waals surface area contributed by atoms with Crippen molar-refractivity contribution < 1.29 is 37.0 Å². The number of nitrogens with one attached hydrogen (secondary N) is 1. The maximum absolute atomic E-state index is 14.6. The van der Waals surface area contributed by atoms with Gasteiger partial charge in [-0.3, -0.25) is 14.6 Å². The van der Waals surface area contributed by atoms with Gasteiger partial charge in [0.2, 0.25) is 11.5 Å². The molecule has 0 bridgehead atoms. The van der Waals surface area contributed by atoms with Crippen molar-refractivity contribution in [2.24, 2.45) is 5.73 Å². The molecule has 2 aromatic heterocycles. The number of carbonyl (C=O) groups is 2. The molecule has 1 aliphatic heterocycles. The van der Waals surface area contributed by atoms with Crippen LogP contribution in [0.4, 0.5) is 17.6 Å². The zero-order valence-corrected chi connectivity index (χ0v) is 22.0. The number of ether oxygens (including phenoxy) is 1. The van der Waals surface area contributed by atoms with Gasteiger partial charge in [0.05, 0.1) is 22.8 Å². The quantitative estimate of drug-likeness (QED) is 0.287. The van der Waals surface area contributed by atoms with Crippen molar-refractivity contribution in [3.63, 3.8) is 0 Å². The number of alkyl halides is 3. The maximum Gasteiger partial charge on any atom is 0.424 e. The van der Waals surface area contributed by atoms with Gasteiger partial charge in [0, 0.05) is 28.3 Å². The molecule has 13 heteroatoms. The molecule has 5 rings (SSSR count). The second-order valence-electron chi connectivity index (χ2n) is 9.80. The first-order valence-corrected chi connectivity index (χ1v) is 12.5. The topological polar surface area (TPSA) is 127 Å². The van der Waals surface area contributed by atoms with Gasteiger partial charge < -0.3 is 20.9 Å². The molecule has 0 saturated heterocycles. The number of aliphatic hydroxyl groups is 1. The van der Waals surface area contributed by atoms with Crippen LogP contribution in [-0.4, -0.2) is 46.2 Å². The fraction of sp³-hybridized carbons (Fsp3) is 0.214. The maximum atomic E-state index is 14.6. The number of carbonyl (C=O) groups excluding carboxylic acids is 2. The van der Waals surface area contributed by atoms with Gasteiger partial charge in [-0.15, -0.1) is 0 Å². The van der Waals surface area contributed by atoms with Crippen LogP contribution in [-0.2, 0) is 15.8 Å². The summed E-state index contributed by atoms with van der Waals surface area (Å²) in [5.74, 6) is -2.48. The first kappa shape index (κ1) is 28.2. The lowest BCUT2D eigenvalue weighted by Crippen LogP contribution is -2.51. The van der Waals surface area contributed by atoms with Crippen LogP contribution in [0.2, 0.25) is 5.02 Å². The highest BCUT2D eigenvalue weighted by atomic mass is 35.5. The minimum Gasteiger partial charge on any atom is -0.489 e. The van der Waals surface area contributed by atoms with E-state index in [9.17, 15) is 32.3 Å². The highest BCUT2D eigenvalue weighted by Crippen LogP contribution is 2.47. The van der Waals surface area contributed by atoms with E-state index in [1.165, 1.54) is 37.4 Å². The van der Waals surface area contributed by atoms with E-state index in [2.05, 4.69) is 15.3 Å². The zero-order valence-electron chi connectivity index (χ0n) is 21.2. The van der Waals surface area contributed by atoms with Crippen molar-refractivity contribution in [3.05, 3.63) is 88.5 Å². The fourth-order valence-corrected chi connectivity index (χ4v) is 4.80. The summed E-state index contributed by atoms with van der Waals surface area (Å²) in [6.45, 7) is -0.261. The Kier molecular flexibility index (Phi) is 6.86. The van der Waals surface area contributed by atoms with Gasteiger partial charge in [0.15, 0.2) is 0 Å². The van der Waals surface area contributed by atoms with E-state index in [4.69, 9.17) is 22.1 Å². The molecule has 0 radical (unpaired) electrons. The lowest BCUT2D eigenvalue weighted by atomic mass is 9.81. The number of pyridine rings is 2. The molecular weight excluding hydrogens is 568 g/mol. The Hall–Kier alpha value is -4.29. The standard InChI is InChI=1S/C28H21ClF4N4O4/c1-26(25(34)39)13-41-23-18(26)11-20(37-22(23)14-4-6-17(30)7-5-14)27(40,28(31,32)33)12-36-24(38)16-9-15-3-2-8-35-21(15)19(29)10-16/h2-11,40H,12-13H2,1H3,(H2,34,39)(H,36,38)/t26-,27-/m0/s1. The van der Waals surface area contributed by atoms with Crippen LogP contribution in [0.15, 0.2) is 60.8 Å². The first-order valence-electron chi connectivity index (χ1n) is 12.1. The van der Waals surface area contributed by atoms with Gasteiger partial charge in [0.1, 0.15) is 29.3 Å². The van der Waals surface area contributed by atoms with Crippen LogP contribution in [0.1, 0.15) is 28.5 Å². The molecule has 0 unspecified atom stereocenters. The summed E-state index contributed by atoms with van der Waals surface area (Å²) in [5.41, 5.74) is -0.379. The number of amides is 2. The van der Waals surface area contributed by atoms with E-state index >= 15 is 0 Å². The Bertz CT molecular complexity index is 1700. The lowest BCUT2D eigenvalue weighted by Gasteiger charge is -2.31. The third-order valence-corrected chi connectivity index (χ3v) is 7.34. The summed E-state index contributed by atoms with van der Waals surface area (Å²) in [7, 11) is 0. The normalized spacial score (nSPS) is 17.9. The van der Waals surface area contributed by atoms with E-state index in [1.54, 1.807) is 12.1 Å². The smallest absolute Gasteiger partial charge is 0.424 e. The zero-order chi connectivity index (χ0) is 29.7. The average Bonchev–Trinajstić information content (AvgIpc) is 3.28. The molecule has 2 atom stereocenters. The van der Waals surface area contributed by atoms with Crippen molar-refractivity contribution in [3.8, 4) is 17.0 Å². The second-order valence-corrected chi connectivity index (χ2v) is 10.2. The molecular formula is C28H21ClF4N4O4. The summed E-state index contributed by atoms with van der Waals surface area (Å²) in [6, 6.07) is 11.4. The summed E-state index contributed by atoms with van der Waals surface area (Å²) in [5, 5.41) is 13.8. The van der Waals surface area contributed by atoms with Gasteiger partial charge in [-0.2, -0.15) is 13.2 Å². The number of halogens is 5. The molecule has 4 N–H and O–H groups in total. The van der Waals surface area contributed by atoms with E-state index in [0.717, 1.165) is 18.2 Å². The Balaban J connectivity index is 1.59. The molecule has 0 spiro atoms. The number of fused-ring (bicyclic) bond motifs is 2. The largest absolute Gasteiger partial charge is 0.489 e. The molecule has 2 amide bonds. The van der Waals surface area contributed by atoms with E-state index < -0.39 is 47.1 Å². The molecule has 0 aliphatic carbocycles. The number of hydrogen-bond acceptors (Lipinski definition) is 6. The van der Waals surface area contributed by atoms with Crippen LogP contribution in [0, 0.1) is 5.82 Å².